The fourth-order valence-corrected chi connectivity index (χ4v) is 4.41. The molecule has 0 bridgehead atoms. The van der Waals surface area contributed by atoms with Crippen LogP contribution in [0.4, 0.5) is 11.4 Å². The van der Waals surface area contributed by atoms with Gasteiger partial charge in [0.2, 0.25) is 5.91 Å². The molecular formula is C31H35N7O2. The van der Waals surface area contributed by atoms with E-state index in [1.54, 1.807) is 25.4 Å². The van der Waals surface area contributed by atoms with Crippen molar-refractivity contribution >= 4 is 28.9 Å². The molecular weight excluding hydrogens is 502 g/mol. The zero-order chi connectivity index (χ0) is 28.5. The first kappa shape index (κ1) is 28.3. The standard InChI is InChI=1S/C31H35N7O2/c1-22-6-11-28(19-30(22)35-23(2)34-29(12-13-32)27-5-4-14-33-20-27)36-31(40)26-9-7-25(8-10-26)21-37-15-17-38(18-16-37)24(3)39/h4-14,19-20,35H,2,15-18,21,32H2,1,3H3,(H,36,40)/b13-12-,34-29?. The summed E-state index contributed by atoms with van der Waals surface area (Å²) in [5, 5.41) is 6.20. The maximum atomic E-state index is 13.0. The number of nitrogens with zero attached hydrogens (tertiary/aromatic N) is 4. The summed E-state index contributed by atoms with van der Waals surface area (Å²) >= 11 is 0. The number of anilines is 2. The van der Waals surface area contributed by atoms with E-state index in [-0.39, 0.29) is 11.8 Å². The van der Waals surface area contributed by atoms with Gasteiger partial charge in [0.25, 0.3) is 5.91 Å². The Morgan fingerprint density at radius 2 is 1.80 bits per heavy atom. The number of allylic oxidation sites excluding steroid dienone is 1. The SMILES string of the molecule is C=C(N=C(/C=C\N)c1cccnc1)Nc1cc(NC(=O)c2ccc(CN3CCN(C(C)=O)CC3)cc2)ccc1C. The molecule has 0 radical (unpaired) electrons. The second kappa shape index (κ2) is 13.3. The Balaban J connectivity index is 1.37. The van der Waals surface area contributed by atoms with Gasteiger partial charge in [0.15, 0.2) is 0 Å². The van der Waals surface area contributed by atoms with Crippen molar-refractivity contribution < 1.29 is 9.59 Å². The highest BCUT2D eigenvalue weighted by Crippen LogP contribution is 2.23. The summed E-state index contributed by atoms with van der Waals surface area (Å²) in [6, 6.07) is 17.0. The molecule has 2 heterocycles. The minimum absolute atomic E-state index is 0.125. The van der Waals surface area contributed by atoms with Crippen LogP contribution in [-0.4, -0.2) is 58.5 Å². The van der Waals surface area contributed by atoms with Crippen molar-refractivity contribution in [2.75, 3.05) is 36.8 Å². The molecule has 0 atom stereocenters. The summed E-state index contributed by atoms with van der Waals surface area (Å²) in [5.74, 6) is 0.349. The number of benzene rings is 2. The van der Waals surface area contributed by atoms with Crippen LogP contribution in [0.1, 0.15) is 34.0 Å². The molecule has 0 saturated carbocycles. The monoisotopic (exact) mass is 537 g/mol. The summed E-state index contributed by atoms with van der Waals surface area (Å²) < 4.78 is 0. The number of carbonyl (C=O) groups excluding carboxylic acids is 2. The topological polar surface area (TPSA) is 116 Å². The van der Waals surface area contributed by atoms with Crippen LogP contribution in [0, 0.1) is 6.92 Å². The molecule has 206 valence electrons. The van der Waals surface area contributed by atoms with Gasteiger partial charge >= 0.3 is 0 Å². The number of aryl methyl sites for hydroxylation is 1. The quantitative estimate of drug-likeness (QED) is 0.353. The third kappa shape index (κ3) is 7.64. The predicted octanol–water partition coefficient (Wildman–Crippen LogP) is 4.15. The molecule has 9 nitrogen and oxygen atoms in total. The van der Waals surface area contributed by atoms with Crippen molar-refractivity contribution in [2.45, 2.75) is 20.4 Å². The summed E-state index contributed by atoms with van der Waals surface area (Å²) in [6.07, 6.45) is 6.51. The average Bonchev–Trinajstić information content (AvgIpc) is 2.95. The summed E-state index contributed by atoms with van der Waals surface area (Å²) in [7, 11) is 0. The molecule has 0 spiro atoms. The van der Waals surface area contributed by atoms with Crippen LogP contribution < -0.4 is 16.4 Å². The van der Waals surface area contributed by atoms with Crippen molar-refractivity contribution in [1.29, 1.82) is 0 Å². The van der Waals surface area contributed by atoms with E-state index in [4.69, 9.17) is 5.73 Å². The van der Waals surface area contributed by atoms with Gasteiger partial charge in [0.05, 0.1) is 5.71 Å². The maximum Gasteiger partial charge on any atom is 0.255 e. The highest BCUT2D eigenvalue weighted by atomic mass is 16.2. The third-order valence-electron chi connectivity index (χ3n) is 6.68. The number of carbonyl (C=O) groups is 2. The molecule has 4 N–H and O–H groups in total. The van der Waals surface area contributed by atoms with Gasteiger partial charge in [-0.2, -0.15) is 0 Å². The van der Waals surface area contributed by atoms with Gasteiger partial charge in [-0.1, -0.05) is 24.8 Å². The van der Waals surface area contributed by atoms with Gasteiger partial charge < -0.3 is 21.3 Å². The highest BCUT2D eigenvalue weighted by molar-refractivity contribution is 6.09. The van der Waals surface area contributed by atoms with E-state index in [1.165, 1.54) is 6.20 Å². The Morgan fingerprint density at radius 3 is 2.45 bits per heavy atom. The van der Waals surface area contributed by atoms with E-state index in [1.807, 2.05) is 66.4 Å². The van der Waals surface area contributed by atoms with E-state index >= 15 is 0 Å². The molecule has 2 aromatic carbocycles. The van der Waals surface area contributed by atoms with Gasteiger partial charge in [-0.15, -0.1) is 0 Å². The molecule has 1 aliphatic rings. The number of hydrogen-bond acceptors (Lipinski definition) is 7. The van der Waals surface area contributed by atoms with Gasteiger partial charge in [0, 0.05) is 74.5 Å². The zero-order valence-corrected chi connectivity index (χ0v) is 22.9. The van der Waals surface area contributed by atoms with Crippen molar-refractivity contribution in [1.82, 2.24) is 14.8 Å². The van der Waals surface area contributed by atoms with Gasteiger partial charge in [0.1, 0.15) is 5.82 Å². The van der Waals surface area contributed by atoms with Gasteiger partial charge in [-0.25, -0.2) is 4.99 Å². The molecule has 4 rings (SSSR count). The minimum Gasteiger partial charge on any atom is -0.405 e. The maximum absolute atomic E-state index is 13.0. The molecule has 0 unspecified atom stereocenters. The Hall–Kier alpha value is -4.76. The molecule has 2 amide bonds. The first-order valence-corrected chi connectivity index (χ1v) is 13.1. The van der Waals surface area contributed by atoms with E-state index in [2.05, 4.69) is 32.1 Å². The lowest BCUT2D eigenvalue weighted by Crippen LogP contribution is -2.47. The lowest BCUT2D eigenvalue weighted by Gasteiger charge is -2.34. The van der Waals surface area contributed by atoms with Crippen LogP contribution in [0.2, 0.25) is 0 Å². The zero-order valence-electron chi connectivity index (χ0n) is 22.9. The lowest BCUT2D eigenvalue weighted by molar-refractivity contribution is -0.130. The normalized spacial score (nSPS) is 14.2. The molecule has 1 fully saturated rings. The average molecular weight is 538 g/mol. The Kier molecular flexibility index (Phi) is 9.43. The van der Waals surface area contributed by atoms with E-state index in [0.717, 1.165) is 55.1 Å². The van der Waals surface area contributed by atoms with Crippen molar-refractivity contribution in [2.24, 2.45) is 10.7 Å². The highest BCUT2D eigenvalue weighted by Gasteiger charge is 2.18. The van der Waals surface area contributed by atoms with Gasteiger partial charge in [-0.05, 0) is 66.7 Å². The molecule has 0 aliphatic carbocycles. The van der Waals surface area contributed by atoms with E-state index < -0.39 is 0 Å². The first-order chi connectivity index (χ1) is 19.3. The molecule has 1 aliphatic heterocycles. The summed E-state index contributed by atoms with van der Waals surface area (Å²) in [4.78, 5) is 37.4. The number of amides is 2. The first-order valence-electron chi connectivity index (χ1n) is 13.1. The third-order valence-corrected chi connectivity index (χ3v) is 6.68. The fourth-order valence-electron chi connectivity index (χ4n) is 4.41. The fraction of sp³-hybridized carbons (Fsp3) is 0.226. The van der Waals surface area contributed by atoms with Crippen LogP contribution >= 0.6 is 0 Å². The number of nitrogens with one attached hydrogen (secondary N) is 2. The molecule has 1 saturated heterocycles. The predicted molar refractivity (Wildman–Crippen MR) is 160 cm³/mol. The number of aliphatic imine (C=N–C) groups is 1. The van der Waals surface area contributed by atoms with Crippen LogP contribution in [0.25, 0.3) is 0 Å². The number of nitrogens with two attached hydrogens (primary N) is 1. The number of pyridine rings is 1. The van der Waals surface area contributed by atoms with Crippen LogP contribution in [0.15, 0.2) is 96.7 Å². The van der Waals surface area contributed by atoms with Crippen molar-refractivity contribution in [3.63, 3.8) is 0 Å². The largest absolute Gasteiger partial charge is 0.405 e. The molecule has 3 aromatic rings. The Morgan fingerprint density at radius 1 is 1.05 bits per heavy atom. The van der Waals surface area contributed by atoms with E-state index in [9.17, 15) is 9.59 Å². The molecule has 1 aromatic heterocycles. The van der Waals surface area contributed by atoms with Crippen LogP contribution in [-0.2, 0) is 11.3 Å². The number of piperazine rings is 1. The lowest BCUT2D eigenvalue weighted by atomic mass is 10.1. The number of aromatic nitrogens is 1. The van der Waals surface area contributed by atoms with Crippen LogP contribution in [0.3, 0.4) is 0 Å². The van der Waals surface area contributed by atoms with Crippen molar-refractivity contribution in [3.05, 3.63) is 114 Å². The second-order valence-corrected chi connectivity index (χ2v) is 9.63. The summed E-state index contributed by atoms with van der Waals surface area (Å²) in [5.41, 5.74) is 11.1. The van der Waals surface area contributed by atoms with E-state index in [0.29, 0.717) is 22.8 Å². The Labute approximate surface area is 235 Å². The number of hydrogen-bond donors (Lipinski definition) is 3. The minimum atomic E-state index is -0.194. The summed E-state index contributed by atoms with van der Waals surface area (Å²) in [6.45, 7) is 11.6. The smallest absolute Gasteiger partial charge is 0.255 e. The number of rotatable bonds is 9. The Bertz CT molecular complexity index is 1410. The molecule has 40 heavy (non-hydrogen) atoms. The second-order valence-electron chi connectivity index (χ2n) is 9.63. The van der Waals surface area contributed by atoms with Gasteiger partial charge in [-0.3, -0.25) is 19.5 Å². The molecule has 9 heteroatoms. The van der Waals surface area contributed by atoms with Crippen molar-refractivity contribution in [3.8, 4) is 0 Å². The van der Waals surface area contributed by atoms with Crippen LogP contribution in [0.5, 0.6) is 0 Å².